The van der Waals surface area contributed by atoms with E-state index in [1.807, 2.05) is 12.1 Å². The van der Waals surface area contributed by atoms with Crippen molar-refractivity contribution in [1.29, 1.82) is 0 Å². The van der Waals surface area contributed by atoms with Crippen molar-refractivity contribution in [2.45, 2.75) is 38.5 Å². The molecule has 3 heterocycles. The lowest BCUT2D eigenvalue weighted by Gasteiger charge is -2.34. The number of hydrogen-bond donors (Lipinski definition) is 1. The molecule has 3 aromatic rings. The Bertz CT molecular complexity index is 1240. The second-order valence-corrected chi connectivity index (χ2v) is 10.5. The van der Waals surface area contributed by atoms with Crippen LogP contribution < -0.4 is 9.47 Å². The van der Waals surface area contributed by atoms with E-state index in [1.165, 1.54) is 16.5 Å². The topological polar surface area (TPSA) is 67.0 Å². The van der Waals surface area contributed by atoms with E-state index < -0.39 is 0 Å². The lowest BCUT2D eigenvalue weighted by Crippen LogP contribution is -2.46. The average Bonchev–Trinajstić information content (AvgIpc) is 3.32. The number of benzene rings is 2. The van der Waals surface area contributed by atoms with Crippen LogP contribution in [0.3, 0.4) is 0 Å². The molecule has 1 aromatic heterocycles. The zero-order valence-corrected chi connectivity index (χ0v) is 22.5. The number of piperidine rings is 1. The van der Waals surface area contributed by atoms with E-state index in [2.05, 4.69) is 52.9 Å². The van der Waals surface area contributed by atoms with Crippen LogP contribution in [-0.4, -0.2) is 80.8 Å². The number of nitrogens with zero attached hydrogens (tertiary/aromatic N) is 2. The molecular weight excluding hydrogens is 466 g/mol. The van der Waals surface area contributed by atoms with Crippen molar-refractivity contribution >= 4 is 16.8 Å². The Morgan fingerprint density at radius 3 is 2.41 bits per heavy atom. The Balaban J connectivity index is 1.35. The number of carbonyl (C=O) groups excluding carboxylic acids is 1. The lowest BCUT2D eigenvalue weighted by molar-refractivity contribution is -0.134. The fourth-order valence-electron chi connectivity index (χ4n) is 5.82. The number of amides is 1. The minimum atomic E-state index is 0.253. The van der Waals surface area contributed by atoms with Crippen LogP contribution in [0.15, 0.2) is 36.4 Å². The number of nitrogens with one attached hydrogen (secondary N) is 1. The second-order valence-electron chi connectivity index (χ2n) is 10.5. The largest absolute Gasteiger partial charge is 0.493 e. The summed E-state index contributed by atoms with van der Waals surface area (Å²) in [5.74, 6) is 2.53. The average molecular weight is 506 g/mol. The van der Waals surface area contributed by atoms with Crippen molar-refractivity contribution in [2.75, 3.05) is 60.2 Å². The highest BCUT2D eigenvalue weighted by atomic mass is 16.5. The van der Waals surface area contributed by atoms with E-state index in [0.717, 1.165) is 80.5 Å². The summed E-state index contributed by atoms with van der Waals surface area (Å²) < 4.78 is 16.4. The van der Waals surface area contributed by atoms with Crippen molar-refractivity contribution < 1.29 is 19.0 Å². The molecule has 0 saturated carbocycles. The quantitative estimate of drug-likeness (QED) is 0.489. The molecule has 1 N–H and O–H groups in total. The smallest absolute Gasteiger partial charge is 0.236 e. The van der Waals surface area contributed by atoms with Crippen molar-refractivity contribution in [3.63, 3.8) is 0 Å². The molecule has 5 rings (SSSR count). The summed E-state index contributed by atoms with van der Waals surface area (Å²) in [6, 6.07) is 12.9. The monoisotopic (exact) mass is 505 g/mol. The van der Waals surface area contributed by atoms with Crippen LogP contribution in [0, 0.1) is 0 Å². The molecule has 0 atom stereocenters. The Labute approximate surface area is 219 Å². The summed E-state index contributed by atoms with van der Waals surface area (Å²) in [7, 11) is 3.33. The molecule has 0 aliphatic carbocycles. The van der Waals surface area contributed by atoms with Crippen molar-refractivity contribution in [3.8, 4) is 22.8 Å². The van der Waals surface area contributed by atoms with Gasteiger partial charge in [-0.3, -0.25) is 9.69 Å². The molecule has 7 heteroatoms. The molecule has 2 aromatic carbocycles. The van der Waals surface area contributed by atoms with Gasteiger partial charge in [0.2, 0.25) is 5.91 Å². The van der Waals surface area contributed by atoms with Gasteiger partial charge in [-0.1, -0.05) is 19.9 Å². The van der Waals surface area contributed by atoms with Gasteiger partial charge in [0.05, 0.1) is 39.7 Å². The van der Waals surface area contributed by atoms with Gasteiger partial charge in [0, 0.05) is 42.6 Å². The second kappa shape index (κ2) is 11.2. The van der Waals surface area contributed by atoms with Gasteiger partial charge in [-0.05, 0) is 66.1 Å². The summed E-state index contributed by atoms with van der Waals surface area (Å²) in [5.41, 5.74) is 6.06. The summed E-state index contributed by atoms with van der Waals surface area (Å²) in [6.45, 7) is 9.81. The van der Waals surface area contributed by atoms with Gasteiger partial charge in [-0.2, -0.15) is 0 Å². The molecule has 37 heavy (non-hydrogen) atoms. The number of methoxy groups -OCH3 is 2. The fraction of sp³-hybridized carbons (Fsp3) is 0.500. The number of likely N-dealkylation sites (tertiary alicyclic amines) is 1. The first-order valence-corrected chi connectivity index (χ1v) is 13.4. The van der Waals surface area contributed by atoms with Crippen molar-refractivity contribution in [2.24, 2.45) is 0 Å². The van der Waals surface area contributed by atoms with E-state index >= 15 is 0 Å². The number of ether oxygens (including phenoxy) is 3. The van der Waals surface area contributed by atoms with Crippen LogP contribution in [0.4, 0.5) is 0 Å². The van der Waals surface area contributed by atoms with E-state index in [-0.39, 0.29) is 5.91 Å². The first-order chi connectivity index (χ1) is 18.0. The molecule has 2 saturated heterocycles. The Hall–Kier alpha value is -3.03. The Morgan fingerprint density at radius 2 is 1.73 bits per heavy atom. The van der Waals surface area contributed by atoms with Gasteiger partial charge in [0.15, 0.2) is 11.5 Å². The fourth-order valence-corrected chi connectivity index (χ4v) is 5.82. The highest BCUT2D eigenvalue weighted by Gasteiger charge is 2.26. The van der Waals surface area contributed by atoms with Crippen molar-refractivity contribution in [3.05, 3.63) is 47.5 Å². The summed E-state index contributed by atoms with van der Waals surface area (Å²) in [6.07, 6.45) is 2.01. The van der Waals surface area contributed by atoms with Crippen LogP contribution in [-0.2, 0) is 9.53 Å². The normalized spacial score (nSPS) is 17.5. The third kappa shape index (κ3) is 5.34. The van der Waals surface area contributed by atoms with Crippen LogP contribution in [0.5, 0.6) is 11.5 Å². The zero-order valence-electron chi connectivity index (χ0n) is 22.5. The molecule has 1 amide bonds. The summed E-state index contributed by atoms with van der Waals surface area (Å²) in [5, 5.41) is 1.28. The molecule has 0 radical (unpaired) electrons. The molecular formula is C30H39N3O4. The number of morpholine rings is 1. The molecule has 198 valence electrons. The highest BCUT2D eigenvalue weighted by molar-refractivity contribution is 5.92. The first-order valence-electron chi connectivity index (χ1n) is 13.4. The predicted octanol–water partition coefficient (Wildman–Crippen LogP) is 5.01. The van der Waals surface area contributed by atoms with Crippen LogP contribution in [0.1, 0.15) is 49.7 Å². The number of aromatic amines is 1. The van der Waals surface area contributed by atoms with Gasteiger partial charge >= 0.3 is 0 Å². The lowest BCUT2D eigenvalue weighted by atomic mass is 9.87. The van der Waals surface area contributed by atoms with Gasteiger partial charge in [0.25, 0.3) is 0 Å². The molecule has 0 bridgehead atoms. The number of rotatable bonds is 7. The Kier molecular flexibility index (Phi) is 7.72. The van der Waals surface area contributed by atoms with Crippen LogP contribution in [0.2, 0.25) is 0 Å². The third-order valence-corrected chi connectivity index (χ3v) is 7.89. The Morgan fingerprint density at radius 1 is 1.00 bits per heavy atom. The number of carbonyl (C=O) groups is 1. The van der Waals surface area contributed by atoms with E-state index in [1.54, 1.807) is 14.2 Å². The van der Waals surface area contributed by atoms with E-state index in [4.69, 9.17) is 14.2 Å². The standard InChI is InChI=1S/C30H39N3O4/c1-20(2)29-24-17-22(21-9-11-33(12-10-21)28(34)19-32-13-15-37-16-14-32)5-7-25(24)31-30(29)23-6-8-26(35-3)27(18-23)36-4/h5-8,17-18,20-21,31H,9-16,19H2,1-4H3. The molecule has 2 aliphatic rings. The molecule has 0 spiro atoms. The predicted molar refractivity (Wildman–Crippen MR) is 147 cm³/mol. The van der Waals surface area contributed by atoms with Gasteiger partial charge in [-0.25, -0.2) is 0 Å². The maximum atomic E-state index is 12.8. The van der Waals surface area contributed by atoms with Crippen LogP contribution >= 0.6 is 0 Å². The maximum absolute atomic E-state index is 12.8. The minimum absolute atomic E-state index is 0.253. The first kappa shape index (κ1) is 25.6. The number of fused-ring (bicyclic) bond motifs is 1. The maximum Gasteiger partial charge on any atom is 0.236 e. The molecule has 0 unspecified atom stereocenters. The highest BCUT2D eigenvalue weighted by Crippen LogP contribution is 2.40. The third-order valence-electron chi connectivity index (χ3n) is 7.89. The van der Waals surface area contributed by atoms with Gasteiger partial charge in [-0.15, -0.1) is 0 Å². The van der Waals surface area contributed by atoms with Gasteiger partial charge in [0.1, 0.15) is 0 Å². The van der Waals surface area contributed by atoms with Gasteiger partial charge < -0.3 is 24.1 Å². The van der Waals surface area contributed by atoms with Crippen LogP contribution in [0.25, 0.3) is 22.2 Å². The molecule has 7 nitrogen and oxygen atoms in total. The van der Waals surface area contributed by atoms with E-state index in [9.17, 15) is 4.79 Å². The molecule has 2 fully saturated rings. The SMILES string of the molecule is COc1ccc(-c2[nH]c3ccc(C4CCN(C(=O)CN5CCOCC5)CC4)cc3c2C(C)C)cc1OC. The number of hydrogen-bond acceptors (Lipinski definition) is 5. The van der Waals surface area contributed by atoms with Crippen molar-refractivity contribution in [1.82, 2.24) is 14.8 Å². The number of H-pyrrole nitrogens is 1. The summed E-state index contributed by atoms with van der Waals surface area (Å²) >= 11 is 0. The number of aromatic nitrogens is 1. The van der Waals surface area contributed by atoms with E-state index in [0.29, 0.717) is 18.4 Å². The zero-order chi connectivity index (χ0) is 25.9. The molecule has 2 aliphatic heterocycles. The summed E-state index contributed by atoms with van der Waals surface area (Å²) in [4.78, 5) is 20.8. The minimum Gasteiger partial charge on any atom is -0.493 e.